The third-order valence-corrected chi connectivity index (χ3v) is 9.59. The number of fused-ring (bicyclic) bond motifs is 5. The molecule has 0 spiro atoms. The number of carboxylic acid groups (broad SMARTS) is 1. The van der Waals surface area contributed by atoms with Gasteiger partial charge in [-0.2, -0.15) is 0 Å². The molecule has 7 atom stereocenters. The van der Waals surface area contributed by atoms with Crippen LogP contribution in [0.5, 0.6) is 0 Å². The van der Waals surface area contributed by atoms with E-state index in [1.807, 2.05) is 0 Å². The number of aliphatic carboxylic acids is 1. The maximum atomic E-state index is 11.0. The summed E-state index contributed by atoms with van der Waals surface area (Å²) in [6.45, 7) is 7.50. The van der Waals surface area contributed by atoms with E-state index in [-0.39, 0.29) is 0 Å². The third-order valence-electron chi connectivity index (χ3n) is 9.59. The Kier molecular flexibility index (Phi) is 4.77. The second-order valence-electron chi connectivity index (χ2n) is 10.6. The van der Waals surface area contributed by atoms with Crippen LogP contribution >= 0.6 is 0 Å². The summed E-state index contributed by atoms with van der Waals surface area (Å²) in [6, 6.07) is 0. The van der Waals surface area contributed by atoms with Crippen LogP contribution in [0.25, 0.3) is 0 Å². The van der Waals surface area contributed by atoms with Crippen molar-refractivity contribution in [3.05, 3.63) is 11.6 Å². The molecule has 4 rings (SSSR count). The van der Waals surface area contributed by atoms with Crippen LogP contribution in [0.1, 0.15) is 91.4 Å². The summed E-state index contributed by atoms with van der Waals surface area (Å²) in [4.78, 5) is 11.0. The van der Waals surface area contributed by atoms with E-state index in [9.17, 15) is 4.79 Å². The van der Waals surface area contributed by atoms with E-state index in [2.05, 4.69) is 26.8 Å². The third kappa shape index (κ3) is 2.78. The summed E-state index contributed by atoms with van der Waals surface area (Å²) >= 11 is 0. The number of rotatable bonds is 4. The van der Waals surface area contributed by atoms with E-state index in [1.54, 1.807) is 5.57 Å². The maximum Gasteiger partial charge on any atom is 0.303 e. The Hall–Kier alpha value is -0.790. The van der Waals surface area contributed by atoms with Crippen molar-refractivity contribution < 1.29 is 9.90 Å². The van der Waals surface area contributed by atoms with Crippen LogP contribution in [-0.2, 0) is 4.79 Å². The molecule has 4 aliphatic carbocycles. The smallest absolute Gasteiger partial charge is 0.303 e. The molecule has 0 aromatic rings. The topological polar surface area (TPSA) is 37.3 Å². The largest absolute Gasteiger partial charge is 0.481 e. The maximum absolute atomic E-state index is 11.0. The van der Waals surface area contributed by atoms with Crippen LogP contribution in [0.15, 0.2) is 11.6 Å². The first-order valence-corrected chi connectivity index (χ1v) is 11.3. The molecule has 3 fully saturated rings. The van der Waals surface area contributed by atoms with Gasteiger partial charge in [0, 0.05) is 6.42 Å². The minimum absolute atomic E-state index is 0.342. The molecule has 0 amide bonds. The van der Waals surface area contributed by atoms with E-state index in [4.69, 9.17) is 5.11 Å². The van der Waals surface area contributed by atoms with Crippen LogP contribution in [0.2, 0.25) is 0 Å². The summed E-state index contributed by atoms with van der Waals surface area (Å²) in [5.74, 6) is 3.33. The van der Waals surface area contributed by atoms with Gasteiger partial charge in [0.2, 0.25) is 0 Å². The molecular weight excluding hydrogens is 320 g/mol. The lowest BCUT2D eigenvalue weighted by Crippen LogP contribution is -2.50. The van der Waals surface area contributed by atoms with Crippen molar-refractivity contribution in [3.8, 4) is 0 Å². The SMILES string of the molecule is CC(CCC(=O)O)C1CCC2C3CC=C4CCCC[C@]4(C)C3CC[C@]12C. The minimum atomic E-state index is -0.629. The van der Waals surface area contributed by atoms with Gasteiger partial charge in [-0.3, -0.25) is 4.79 Å². The molecule has 5 unspecified atom stereocenters. The van der Waals surface area contributed by atoms with Crippen molar-refractivity contribution in [3.63, 3.8) is 0 Å². The number of carbonyl (C=O) groups is 1. The zero-order valence-electron chi connectivity index (χ0n) is 17.1. The van der Waals surface area contributed by atoms with Gasteiger partial charge in [0.05, 0.1) is 0 Å². The predicted octanol–water partition coefficient (Wildman–Crippen LogP) is 6.46. The number of hydrogen-bond donors (Lipinski definition) is 1. The van der Waals surface area contributed by atoms with E-state index < -0.39 is 5.97 Å². The monoisotopic (exact) mass is 358 g/mol. The van der Waals surface area contributed by atoms with Gasteiger partial charge in [0.25, 0.3) is 0 Å². The van der Waals surface area contributed by atoms with Gasteiger partial charge in [0.15, 0.2) is 0 Å². The molecule has 0 aliphatic heterocycles. The van der Waals surface area contributed by atoms with Crippen molar-refractivity contribution in [2.45, 2.75) is 91.4 Å². The highest BCUT2D eigenvalue weighted by Crippen LogP contribution is 2.67. The number of hydrogen-bond acceptors (Lipinski definition) is 1. The molecular formula is C24H38O2. The molecule has 0 heterocycles. The van der Waals surface area contributed by atoms with Gasteiger partial charge in [-0.25, -0.2) is 0 Å². The minimum Gasteiger partial charge on any atom is -0.481 e. The molecule has 26 heavy (non-hydrogen) atoms. The highest BCUT2D eigenvalue weighted by Gasteiger charge is 2.58. The highest BCUT2D eigenvalue weighted by molar-refractivity contribution is 5.66. The molecule has 0 saturated heterocycles. The lowest BCUT2D eigenvalue weighted by molar-refractivity contribution is -0.137. The molecule has 146 valence electrons. The standard InChI is InChI=1S/C24H38O2/c1-16(7-12-22(25)26)19-10-11-20-18-9-8-17-6-4-5-14-23(17,2)21(18)13-15-24(19,20)3/h8,16,18-21H,4-7,9-15H2,1-3H3,(H,25,26)/t16?,18?,19?,20?,21?,23-,24+/m0/s1. The van der Waals surface area contributed by atoms with Crippen molar-refractivity contribution in [1.29, 1.82) is 0 Å². The van der Waals surface area contributed by atoms with Crippen LogP contribution in [0.3, 0.4) is 0 Å². The molecule has 0 radical (unpaired) electrons. The molecule has 0 aromatic carbocycles. The zero-order valence-corrected chi connectivity index (χ0v) is 17.1. The van der Waals surface area contributed by atoms with E-state index in [0.717, 1.165) is 30.1 Å². The van der Waals surface area contributed by atoms with Crippen molar-refractivity contribution in [2.75, 3.05) is 0 Å². The lowest BCUT2D eigenvalue weighted by Gasteiger charge is -2.58. The molecule has 4 aliphatic rings. The van der Waals surface area contributed by atoms with Gasteiger partial charge >= 0.3 is 5.97 Å². The first-order chi connectivity index (χ1) is 12.4. The van der Waals surface area contributed by atoms with Crippen LogP contribution in [0, 0.1) is 40.4 Å². The Balaban J connectivity index is 1.54. The van der Waals surface area contributed by atoms with E-state index in [0.29, 0.717) is 23.2 Å². The summed E-state index contributed by atoms with van der Waals surface area (Å²) in [6.07, 6.45) is 16.3. The second-order valence-corrected chi connectivity index (χ2v) is 10.6. The van der Waals surface area contributed by atoms with Crippen LogP contribution in [-0.4, -0.2) is 11.1 Å². The van der Waals surface area contributed by atoms with Crippen LogP contribution in [0.4, 0.5) is 0 Å². The fourth-order valence-electron chi connectivity index (χ4n) is 8.23. The summed E-state index contributed by atoms with van der Waals surface area (Å²) < 4.78 is 0. The zero-order chi connectivity index (χ0) is 18.5. The van der Waals surface area contributed by atoms with Gasteiger partial charge in [-0.1, -0.05) is 38.8 Å². The van der Waals surface area contributed by atoms with Gasteiger partial charge in [-0.05, 0) is 98.2 Å². The van der Waals surface area contributed by atoms with E-state index >= 15 is 0 Å². The fourth-order valence-corrected chi connectivity index (χ4v) is 8.23. The van der Waals surface area contributed by atoms with Crippen molar-refractivity contribution in [2.24, 2.45) is 40.4 Å². The average Bonchev–Trinajstić information content (AvgIpc) is 2.96. The highest BCUT2D eigenvalue weighted by atomic mass is 16.4. The Morgan fingerprint density at radius 1 is 1.19 bits per heavy atom. The van der Waals surface area contributed by atoms with Crippen molar-refractivity contribution in [1.82, 2.24) is 0 Å². The van der Waals surface area contributed by atoms with Gasteiger partial charge in [0.1, 0.15) is 0 Å². The molecule has 0 bridgehead atoms. The fraction of sp³-hybridized carbons (Fsp3) is 0.875. The Bertz CT molecular complexity index is 593. The molecule has 0 aromatic heterocycles. The number of allylic oxidation sites excluding steroid dienone is 2. The van der Waals surface area contributed by atoms with Gasteiger partial charge < -0.3 is 5.11 Å². The van der Waals surface area contributed by atoms with Crippen molar-refractivity contribution >= 4 is 5.97 Å². The first kappa shape index (κ1) is 18.6. The molecule has 1 N–H and O–H groups in total. The lowest BCUT2D eigenvalue weighted by atomic mass is 9.47. The average molecular weight is 359 g/mol. The summed E-state index contributed by atoms with van der Waals surface area (Å²) in [7, 11) is 0. The normalized spacial score (nSPS) is 45.9. The van der Waals surface area contributed by atoms with E-state index in [1.165, 1.54) is 57.8 Å². The second kappa shape index (κ2) is 6.67. The molecule has 3 saturated carbocycles. The van der Waals surface area contributed by atoms with Crippen LogP contribution < -0.4 is 0 Å². The van der Waals surface area contributed by atoms with Gasteiger partial charge in [-0.15, -0.1) is 0 Å². The first-order valence-electron chi connectivity index (χ1n) is 11.3. The molecule has 2 nitrogen and oxygen atoms in total. The molecule has 2 heteroatoms. The summed E-state index contributed by atoms with van der Waals surface area (Å²) in [5.41, 5.74) is 2.75. The Labute approximate surface area is 159 Å². The number of carboxylic acids is 1. The summed E-state index contributed by atoms with van der Waals surface area (Å²) in [5, 5.41) is 9.09. The predicted molar refractivity (Wildman–Crippen MR) is 106 cm³/mol. The Morgan fingerprint density at radius 2 is 2.00 bits per heavy atom. The Morgan fingerprint density at radius 3 is 2.77 bits per heavy atom. The quantitative estimate of drug-likeness (QED) is 0.586.